The lowest BCUT2D eigenvalue weighted by Gasteiger charge is -2.11. The van der Waals surface area contributed by atoms with Gasteiger partial charge >= 0.3 is 16.3 Å². The maximum atomic E-state index is 12.8. The lowest BCUT2D eigenvalue weighted by atomic mass is 10.1. The fourth-order valence-electron chi connectivity index (χ4n) is 2.97. The van der Waals surface area contributed by atoms with Gasteiger partial charge in [0.1, 0.15) is 4.90 Å². The number of halogens is 3. The summed E-state index contributed by atoms with van der Waals surface area (Å²) in [5.74, 6) is -0.546. The molecule has 3 aromatic carbocycles. The monoisotopic (exact) mass is 506 g/mol. The molecule has 3 rings (SSSR count). The molecule has 0 heterocycles. The summed E-state index contributed by atoms with van der Waals surface area (Å²) in [6, 6.07) is 14.9. The smallest absolute Gasteiger partial charge is 0.416 e. The molecule has 184 valence electrons. The first-order chi connectivity index (χ1) is 16.5. The SMILES string of the molecule is COc1cc(/C=N\NC(=O)Cc2cccc(C(F)(F)F)c2)ccc1OS(=O)(=O)c1ccc(C)cc1. The van der Waals surface area contributed by atoms with Crippen LogP contribution in [0.3, 0.4) is 0 Å². The maximum absolute atomic E-state index is 12.8. The highest BCUT2D eigenvalue weighted by Gasteiger charge is 2.30. The highest BCUT2D eigenvalue weighted by molar-refractivity contribution is 7.87. The molecule has 0 aliphatic carbocycles. The van der Waals surface area contributed by atoms with Crippen LogP contribution in [0.2, 0.25) is 0 Å². The summed E-state index contributed by atoms with van der Waals surface area (Å²) in [7, 11) is -2.76. The quantitative estimate of drug-likeness (QED) is 0.276. The number of methoxy groups -OCH3 is 1. The molecule has 3 aromatic rings. The summed E-state index contributed by atoms with van der Waals surface area (Å²) in [6.45, 7) is 1.83. The minimum Gasteiger partial charge on any atom is -0.493 e. The van der Waals surface area contributed by atoms with E-state index in [2.05, 4.69) is 10.5 Å². The van der Waals surface area contributed by atoms with Gasteiger partial charge in [-0.1, -0.05) is 35.9 Å². The number of nitrogens with zero attached hydrogens (tertiary/aromatic N) is 1. The molecular weight excluding hydrogens is 485 g/mol. The van der Waals surface area contributed by atoms with Crippen molar-refractivity contribution in [3.05, 3.63) is 89.0 Å². The molecule has 0 bridgehead atoms. The Bertz CT molecular complexity index is 1340. The van der Waals surface area contributed by atoms with Gasteiger partial charge in [0.25, 0.3) is 0 Å². The van der Waals surface area contributed by atoms with Gasteiger partial charge in [0.2, 0.25) is 5.91 Å². The Morgan fingerprint density at radius 1 is 1.03 bits per heavy atom. The third kappa shape index (κ3) is 7.06. The zero-order valence-corrected chi connectivity index (χ0v) is 19.5. The van der Waals surface area contributed by atoms with Crippen molar-refractivity contribution in [3.8, 4) is 11.5 Å². The van der Waals surface area contributed by atoms with Gasteiger partial charge in [0.15, 0.2) is 11.5 Å². The predicted molar refractivity (Wildman–Crippen MR) is 123 cm³/mol. The largest absolute Gasteiger partial charge is 0.493 e. The number of aryl methyl sites for hydroxylation is 1. The molecule has 0 spiro atoms. The average molecular weight is 507 g/mol. The fourth-order valence-corrected chi connectivity index (χ4v) is 3.91. The van der Waals surface area contributed by atoms with E-state index < -0.39 is 27.8 Å². The molecule has 0 saturated carbocycles. The first kappa shape index (κ1) is 25.8. The van der Waals surface area contributed by atoms with Gasteiger partial charge in [0.05, 0.1) is 25.3 Å². The van der Waals surface area contributed by atoms with Crippen molar-refractivity contribution in [3.63, 3.8) is 0 Å². The molecule has 0 aromatic heterocycles. The van der Waals surface area contributed by atoms with Gasteiger partial charge in [-0.3, -0.25) is 4.79 Å². The lowest BCUT2D eigenvalue weighted by molar-refractivity contribution is -0.137. The second-order valence-electron chi connectivity index (χ2n) is 7.43. The number of amides is 1. The number of hydrogen-bond donors (Lipinski definition) is 1. The zero-order chi connectivity index (χ0) is 25.6. The van der Waals surface area contributed by atoms with Crippen LogP contribution >= 0.6 is 0 Å². The zero-order valence-electron chi connectivity index (χ0n) is 18.7. The average Bonchev–Trinajstić information content (AvgIpc) is 2.79. The number of hydrogen-bond acceptors (Lipinski definition) is 6. The Kier molecular flexibility index (Phi) is 7.80. The fraction of sp³-hybridized carbons (Fsp3) is 0.167. The van der Waals surface area contributed by atoms with Crippen molar-refractivity contribution in [2.75, 3.05) is 7.11 Å². The number of carbonyl (C=O) groups excluding carboxylic acids is 1. The first-order valence-corrected chi connectivity index (χ1v) is 11.6. The van der Waals surface area contributed by atoms with Gasteiger partial charge < -0.3 is 8.92 Å². The van der Waals surface area contributed by atoms with Crippen LogP contribution in [-0.4, -0.2) is 27.6 Å². The normalized spacial score (nSPS) is 11.9. The van der Waals surface area contributed by atoms with Crippen LogP contribution in [0, 0.1) is 6.92 Å². The third-order valence-corrected chi connectivity index (χ3v) is 5.97. The molecule has 1 amide bonds. The first-order valence-electron chi connectivity index (χ1n) is 10.2. The van der Waals surface area contributed by atoms with Gasteiger partial charge in [-0.25, -0.2) is 5.43 Å². The van der Waals surface area contributed by atoms with Crippen molar-refractivity contribution in [1.29, 1.82) is 0 Å². The number of hydrazone groups is 1. The van der Waals surface area contributed by atoms with E-state index in [0.717, 1.165) is 17.7 Å². The molecule has 0 fully saturated rings. The summed E-state index contributed by atoms with van der Waals surface area (Å²) in [5, 5.41) is 3.78. The maximum Gasteiger partial charge on any atom is 0.416 e. The minimum atomic E-state index is -4.50. The molecule has 0 atom stereocenters. The topological polar surface area (TPSA) is 94.1 Å². The van der Waals surface area contributed by atoms with Crippen LogP contribution in [-0.2, 0) is 27.5 Å². The molecule has 0 aliphatic heterocycles. The number of rotatable bonds is 8. The van der Waals surface area contributed by atoms with Crippen LogP contribution in [0.4, 0.5) is 13.2 Å². The molecule has 7 nitrogen and oxygen atoms in total. The van der Waals surface area contributed by atoms with Crippen molar-refractivity contribution in [1.82, 2.24) is 5.43 Å². The second kappa shape index (κ2) is 10.6. The van der Waals surface area contributed by atoms with Crippen LogP contribution in [0.1, 0.15) is 22.3 Å². The Morgan fingerprint density at radius 2 is 1.74 bits per heavy atom. The highest BCUT2D eigenvalue weighted by atomic mass is 32.2. The van der Waals surface area contributed by atoms with Crippen LogP contribution in [0.25, 0.3) is 0 Å². The van der Waals surface area contributed by atoms with Gasteiger partial charge in [-0.05, 0) is 54.4 Å². The van der Waals surface area contributed by atoms with Crippen LogP contribution < -0.4 is 14.3 Å². The summed E-state index contributed by atoms with van der Waals surface area (Å²) in [4.78, 5) is 12.0. The van der Waals surface area contributed by atoms with Crippen molar-refractivity contribution in [2.24, 2.45) is 5.10 Å². The Labute approximate surface area is 200 Å². The summed E-state index contributed by atoms with van der Waals surface area (Å²) < 4.78 is 73.9. The highest BCUT2D eigenvalue weighted by Crippen LogP contribution is 2.31. The lowest BCUT2D eigenvalue weighted by Crippen LogP contribution is -2.20. The predicted octanol–water partition coefficient (Wildman–Crippen LogP) is 4.48. The minimum absolute atomic E-state index is 0.0146. The third-order valence-electron chi connectivity index (χ3n) is 4.72. The van der Waals surface area contributed by atoms with E-state index in [1.165, 1.54) is 55.8 Å². The van der Waals surface area contributed by atoms with E-state index in [1.807, 2.05) is 6.92 Å². The molecule has 0 saturated heterocycles. The van der Waals surface area contributed by atoms with Gasteiger partial charge in [0, 0.05) is 0 Å². The standard InChI is InChI=1S/C24H21F3N2O5S/c1-16-6-9-20(10-7-16)35(31,32)34-21-11-8-18(13-22(21)33-2)15-28-29-23(30)14-17-4-3-5-19(12-17)24(25,26)27/h3-13,15H,14H2,1-2H3,(H,29,30)/b28-15-. The Morgan fingerprint density at radius 3 is 2.40 bits per heavy atom. The second-order valence-corrected chi connectivity index (χ2v) is 8.98. The molecule has 0 unspecified atom stereocenters. The summed E-state index contributed by atoms with van der Waals surface area (Å²) >= 11 is 0. The van der Waals surface area contributed by atoms with Gasteiger partial charge in [-0.15, -0.1) is 0 Å². The van der Waals surface area contributed by atoms with E-state index in [9.17, 15) is 26.4 Å². The summed E-state index contributed by atoms with van der Waals surface area (Å²) in [5.41, 5.74) is 2.92. The molecule has 1 N–H and O–H groups in total. The number of alkyl halides is 3. The number of ether oxygens (including phenoxy) is 1. The van der Waals surface area contributed by atoms with Gasteiger partial charge in [-0.2, -0.15) is 26.7 Å². The van der Waals surface area contributed by atoms with E-state index in [4.69, 9.17) is 8.92 Å². The Hall–Kier alpha value is -3.86. The van der Waals surface area contributed by atoms with Crippen LogP contribution in [0.5, 0.6) is 11.5 Å². The summed E-state index contributed by atoms with van der Waals surface area (Å²) in [6.07, 6.45) is -3.53. The number of nitrogens with one attached hydrogen (secondary N) is 1. The van der Waals surface area contributed by atoms with Crippen molar-refractivity contribution in [2.45, 2.75) is 24.4 Å². The van der Waals surface area contributed by atoms with E-state index >= 15 is 0 Å². The van der Waals surface area contributed by atoms with Crippen molar-refractivity contribution < 1.29 is 35.3 Å². The Balaban J connectivity index is 1.65. The molecule has 0 radical (unpaired) electrons. The van der Waals surface area contributed by atoms with E-state index in [0.29, 0.717) is 5.56 Å². The number of benzene rings is 3. The molecule has 0 aliphatic rings. The van der Waals surface area contributed by atoms with E-state index in [-0.39, 0.29) is 28.4 Å². The molecular formula is C24H21F3N2O5S. The van der Waals surface area contributed by atoms with Crippen molar-refractivity contribution >= 4 is 22.2 Å². The molecule has 35 heavy (non-hydrogen) atoms. The molecule has 11 heteroatoms. The number of carbonyl (C=O) groups is 1. The van der Waals surface area contributed by atoms with Crippen LogP contribution in [0.15, 0.2) is 76.7 Å². The van der Waals surface area contributed by atoms with E-state index in [1.54, 1.807) is 12.1 Å².